The van der Waals surface area contributed by atoms with E-state index in [9.17, 15) is 9.18 Å². The zero-order chi connectivity index (χ0) is 16.4. The maximum Gasteiger partial charge on any atom is 0.315 e. The lowest BCUT2D eigenvalue weighted by atomic mass is 10.1. The van der Waals surface area contributed by atoms with Crippen LogP contribution in [0.3, 0.4) is 0 Å². The van der Waals surface area contributed by atoms with Crippen LogP contribution in [0.1, 0.15) is 54.7 Å². The standard InChI is InChI=1S/C16H19FN4O2/c1-3-13(15-18-9(2)23-21-15)19-16(22)20-14-8-7-10-11(14)5-4-6-12(10)17/h4-6,13-14H,3,7-8H2,1-2H3,(H2,19,20,22). The fourth-order valence-corrected chi connectivity index (χ4v) is 2.92. The smallest absolute Gasteiger partial charge is 0.315 e. The number of urea groups is 1. The van der Waals surface area contributed by atoms with Gasteiger partial charge in [0, 0.05) is 6.92 Å². The molecule has 2 unspecified atom stereocenters. The molecule has 0 bridgehead atoms. The van der Waals surface area contributed by atoms with Crippen LogP contribution in [0.5, 0.6) is 0 Å². The van der Waals surface area contributed by atoms with Crippen molar-refractivity contribution in [1.82, 2.24) is 20.8 Å². The minimum atomic E-state index is -0.319. The summed E-state index contributed by atoms with van der Waals surface area (Å²) in [6.45, 7) is 3.63. The van der Waals surface area contributed by atoms with Gasteiger partial charge in [-0.3, -0.25) is 0 Å². The minimum absolute atomic E-state index is 0.176. The van der Waals surface area contributed by atoms with Crippen LogP contribution in [-0.4, -0.2) is 16.2 Å². The van der Waals surface area contributed by atoms with E-state index < -0.39 is 0 Å². The lowest BCUT2D eigenvalue weighted by Gasteiger charge is -2.18. The highest BCUT2D eigenvalue weighted by Gasteiger charge is 2.27. The van der Waals surface area contributed by atoms with Gasteiger partial charge in [0.05, 0.1) is 12.1 Å². The first kappa shape index (κ1) is 15.5. The van der Waals surface area contributed by atoms with Gasteiger partial charge in [-0.15, -0.1) is 0 Å². The molecule has 1 aliphatic rings. The van der Waals surface area contributed by atoms with E-state index in [1.165, 1.54) is 6.07 Å². The molecule has 2 N–H and O–H groups in total. The predicted octanol–water partition coefficient (Wildman–Crippen LogP) is 2.95. The molecule has 122 valence electrons. The Bertz CT molecular complexity index is 716. The third kappa shape index (κ3) is 3.18. The lowest BCUT2D eigenvalue weighted by molar-refractivity contribution is 0.232. The van der Waals surface area contributed by atoms with Gasteiger partial charge in [-0.1, -0.05) is 24.2 Å². The Hall–Kier alpha value is -2.44. The number of carbonyl (C=O) groups is 1. The lowest BCUT2D eigenvalue weighted by Crippen LogP contribution is -2.39. The Morgan fingerprint density at radius 2 is 2.35 bits per heavy atom. The minimum Gasteiger partial charge on any atom is -0.340 e. The summed E-state index contributed by atoms with van der Waals surface area (Å²) in [5, 5.41) is 9.58. The van der Waals surface area contributed by atoms with E-state index in [1.807, 2.05) is 13.0 Å². The third-order valence-corrected chi connectivity index (χ3v) is 4.09. The van der Waals surface area contributed by atoms with Crippen LogP contribution in [0.25, 0.3) is 0 Å². The largest absolute Gasteiger partial charge is 0.340 e. The van der Waals surface area contributed by atoms with Crippen molar-refractivity contribution in [2.24, 2.45) is 0 Å². The molecule has 23 heavy (non-hydrogen) atoms. The Morgan fingerprint density at radius 1 is 1.52 bits per heavy atom. The van der Waals surface area contributed by atoms with E-state index in [-0.39, 0.29) is 23.9 Å². The summed E-state index contributed by atoms with van der Waals surface area (Å²) in [4.78, 5) is 16.4. The van der Waals surface area contributed by atoms with E-state index in [1.54, 1.807) is 13.0 Å². The molecule has 0 saturated heterocycles. The Kier molecular flexibility index (Phi) is 4.27. The second-order valence-electron chi connectivity index (χ2n) is 5.65. The van der Waals surface area contributed by atoms with Crippen molar-refractivity contribution >= 4 is 6.03 Å². The topological polar surface area (TPSA) is 80.0 Å². The van der Waals surface area contributed by atoms with E-state index >= 15 is 0 Å². The number of hydrogen-bond donors (Lipinski definition) is 2. The molecule has 2 aromatic rings. The highest BCUT2D eigenvalue weighted by atomic mass is 19.1. The number of fused-ring (bicyclic) bond motifs is 1. The number of benzene rings is 1. The Morgan fingerprint density at radius 3 is 3.04 bits per heavy atom. The van der Waals surface area contributed by atoms with E-state index in [2.05, 4.69) is 20.8 Å². The molecular weight excluding hydrogens is 299 g/mol. The molecule has 1 aliphatic carbocycles. The maximum absolute atomic E-state index is 13.7. The molecule has 0 radical (unpaired) electrons. The quantitative estimate of drug-likeness (QED) is 0.908. The first-order valence-electron chi connectivity index (χ1n) is 7.73. The third-order valence-electron chi connectivity index (χ3n) is 4.09. The van der Waals surface area contributed by atoms with Gasteiger partial charge in [0.2, 0.25) is 5.89 Å². The summed E-state index contributed by atoms with van der Waals surface area (Å²) in [7, 11) is 0. The number of nitrogens with one attached hydrogen (secondary N) is 2. The molecule has 0 saturated carbocycles. The van der Waals surface area contributed by atoms with Crippen LogP contribution >= 0.6 is 0 Å². The van der Waals surface area contributed by atoms with Crippen molar-refractivity contribution in [2.45, 2.75) is 45.2 Å². The average Bonchev–Trinajstić information content (AvgIpc) is 3.13. The second kappa shape index (κ2) is 6.36. The first-order chi connectivity index (χ1) is 11.1. The van der Waals surface area contributed by atoms with Crippen molar-refractivity contribution < 1.29 is 13.7 Å². The number of halogens is 1. The fraction of sp³-hybridized carbons (Fsp3) is 0.438. The zero-order valence-electron chi connectivity index (χ0n) is 13.1. The molecule has 1 aromatic heterocycles. The number of nitrogens with zero attached hydrogens (tertiary/aromatic N) is 2. The summed E-state index contributed by atoms with van der Waals surface area (Å²) in [5.41, 5.74) is 1.54. The second-order valence-corrected chi connectivity index (χ2v) is 5.65. The van der Waals surface area contributed by atoms with Crippen molar-refractivity contribution in [2.75, 3.05) is 0 Å². The van der Waals surface area contributed by atoms with E-state index in [0.717, 1.165) is 5.56 Å². The monoisotopic (exact) mass is 318 g/mol. The van der Waals surface area contributed by atoms with E-state index in [0.29, 0.717) is 36.5 Å². The molecule has 0 spiro atoms. The van der Waals surface area contributed by atoms with Gasteiger partial charge < -0.3 is 15.2 Å². The summed E-state index contributed by atoms with van der Waals surface area (Å²) >= 11 is 0. The Balaban J connectivity index is 1.65. The van der Waals surface area contributed by atoms with Crippen molar-refractivity contribution in [3.63, 3.8) is 0 Å². The van der Waals surface area contributed by atoms with Crippen molar-refractivity contribution in [3.05, 3.63) is 46.9 Å². The zero-order valence-corrected chi connectivity index (χ0v) is 13.1. The van der Waals surface area contributed by atoms with Crippen LogP contribution in [0.4, 0.5) is 9.18 Å². The number of carbonyl (C=O) groups excluding carboxylic acids is 1. The molecule has 0 fully saturated rings. The molecule has 0 aliphatic heterocycles. The van der Waals surface area contributed by atoms with Crippen molar-refractivity contribution in [3.8, 4) is 0 Å². The van der Waals surface area contributed by atoms with Crippen LogP contribution < -0.4 is 10.6 Å². The number of hydrogen-bond acceptors (Lipinski definition) is 4. The average molecular weight is 318 g/mol. The normalized spacial score (nSPS) is 17.6. The Labute approximate surface area is 133 Å². The molecule has 1 aromatic carbocycles. The summed E-state index contributed by atoms with van der Waals surface area (Å²) in [5.74, 6) is 0.708. The highest BCUT2D eigenvalue weighted by molar-refractivity contribution is 5.75. The molecule has 2 atom stereocenters. The number of aromatic nitrogens is 2. The molecule has 3 rings (SSSR count). The molecule has 2 amide bonds. The molecule has 7 heteroatoms. The van der Waals surface area contributed by atoms with Gasteiger partial charge in [-0.05, 0) is 36.5 Å². The van der Waals surface area contributed by atoms with Crippen LogP contribution in [0.2, 0.25) is 0 Å². The SMILES string of the molecule is CCC(NC(=O)NC1CCc2c(F)cccc21)c1noc(C)n1. The van der Waals surface area contributed by atoms with Gasteiger partial charge in [0.1, 0.15) is 5.82 Å². The van der Waals surface area contributed by atoms with E-state index in [4.69, 9.17) is 4.52 Å². The van der Waals surface area contributed by atoms with Crippen molar-refractivity contribution in [1.29, 1.82) is 0 Å². The molecule has 6 nitrogen and oxygen atoms in total. The number of aryl methyl sites for hydroxylation is 1. The number of amides is 2. The predicted molar refractivity (Wildman–Crippen MR) is 81.2 cm³/mol. The van der Waals surface area contributed by atoms with Crippen LogP contribution in [-0.2, 0) is 6.42 Å². The van der Waals surface area contributed by atoms with Crippen LogP contribution in [0, 0.1) is 12.7 Å². The van der Waals surface area contributed by atoms with Gasteiger partial charge in [0.15, 0.2) is 5.82 Å². The van der Waals surface area contributed by atoms with Gasteiger partial charge in [0.25, 0.3) is 0 Å². The number of rotatable bonds is 4. The van der Waals surface area contributed by atoms with Gasteiger partial charge in [-0.2, -0.15) is 4.98 Å². The molecular formula is C16H19FN4O2. The fourth-order valence-electron chi connectivity index (χ4n) is 2.92. The summed E-state index contributed by atoms with van der Waals surface area (Å²) in [6.07, 6.45) is 1.97. The van der Waals surface area contributed by atoms with Gasteiger partial charge >= 0.3 is 6.03 Å². The summed E-state index contributed by atoms with van der Waals surface area (Å²) in [6, 6.07) is 4.17. The van der Waals surface area contributed by atoms with Gasteiger partial charge in [-0.25, -0.2) is 9.18 Å². The first-order valence-corrected chi connectivity index (χ1v) is 7.73. The molecule has 1 heterocycles. The summed E-state index contributed by atoms with van der Waals surface area (Å²) < 4.78 is 18.7. The van der Waals surface area contributed by atoms with Crippen LogP contribution in [0.15, 0.2) is 22.7 Å². The highest BCUT2D eigenvalue weighted by Crippen LogP contribution is 2.32. The maximum atomic E-state index is 13.7.